The van der Waals surface area contributed by atoms with E-state index in [0.29, 0.717) is 17.1 Å². The third kappa shape index (κ3) is 1.76. The van der Waals surface area contributed by atoms with E-state index in [-0.39, 0.29) is 11.4 Å². The lowest BCUT2D eigenvalue weighted by Crippen LogP contribution is -2.12. The van der Waals surface area contributed by atoms with E-state index in [4.69, 9.17) is 25.9 Å². The predicted octanol–water partition coefficient (Wildman–Crippen LogP) is 1.19. The highest BCUT2D eigenvalue weighted by Crippen LogP contribution is 2.25. The van der Waals surface area contributed by atoms with Crippen molar-refractivity contribution in [1.29, 1.82) is 0 Å². The van der Waals surface area contributed by atoms with E-state index < -0.39 is 12.2 Å². The van der Waals surface area contributed by atoms with Gasteiger partial charge in [-0.1, -0.05) is 0 Å². The molecule has 0 saturated heterocycles. The molecule has 0 spiro atoms. The highest BCUT2D eigenvalue weighted by Gasteiger charge is 2.16. The molecule has 0 aliphatic heterocycles. The molecule has 0 radical (unpaired) electrons. The molecule has 1 rings (SSSR count). The van der Waals surface area contributed by atoms with Crippen molar-refractivity contribution in [1.82, 2.24) is 0 Å². The third-order valence-corrected chi connectivity index (χ3v) is 2.23. The molecule has 0 aliphatic carbocycles. The Balaban J connectivity index is 3.51. The maximum Gasteiger partial charge on any atom is 0.345 e. The van der Waals surface area contributed by atoms with Crippen LogP contribution in [0.4, 0.5) is 0 Å². The number of halogens is 1. The largest absolute Gasteiger partial charge is 0.496 e. The van der Waals surface area contributed by atoms with Crippen molar-refractivity contribution in [3.63, 3.8) is 0 Å². The maximum atomic E-state index is 11.3. The van der Waals surface area contributed by atoms with Gasteiger partial charge in [0.25, 0.3) is 0 Å². The number of aliphatic hydroxyl groups is 1. The SMILES string of the molecule is COc1c(CCl)c(C)oc(=O)c1CO. The smallest absolute Gasteiger partial charge is 0.345 e. The standard InChI is InChI=1S/C9H11ClO4/c1-5-6(3-10)8(13-2)7(4-11)9(12)14-5/h11H,3-4H2,1-2H3. The predicted molar refractivity (Wildman–Crippen MR) is 51.7 cm³/mol. The minimum Gasteiger partial charge on any atom is -0.496 e. The van der Waals surface area contributed by atoms with Gasteiger partial charge < -0.3 is 14.3 Å². The Morgan fingerprint density at radius 1 is 1.50 bits per heavy atom. The fraction of sp³-hybridized carbons (Fsp3) is 0.444. The van der Waals surface area contributed by atoms with Crippen LogP contribution in [0.25, 0.3) is 0 Å². The summed E-state index contributed by atoms with van der Waals surface area (Å²) in [7, 11) is 1.42. The quantitative estimate of drug-likeness (QED) is 0.775. The maximum absolute atomic E-state index is 11.3. The van der Waals surface area contributed by atoms with Crippen molar-refractivity contribution in [3.8, 4) is 5.75 Å². The summed E-state index contributed by atoms with van der Waals surface area (Å²) in [5.74, 6) is 0.904. The molecular weight excluding hydrogens is 208 g/mol. The summed E-state index contributed by atoms with van der Waals surface area (Å²) in [5.41, 5.74) is 0.113. The number of aryl methyl sites for hydroxylation is 1. The molecule has 1 aromatic heterocycles. The van der Waals surface area contributed by atoms with Crippen LogP contribution < -0.4 is 10.4 Å². The molecule has 0 aromatic carbocycles. The van der Waals surface area contributed by atoms with Gasteiger partial charge in [0.1, 0.15) is 17.1 Å². The molecule has 14 heavy (non-hydrogen) atoms. The van der Waals surface area contributed by atoms with Crippen LogP contribution in [0.3, 0.4) is 0 Å². The van der Waals surface area contributed by atoms with Crippen LogP contribution in [-0.2, 0) is 12.5 Å². The van der Waals surface area contributed by atoms with E-state index in [9.17, 15) is 4.79 Å². The molecule has 0 saturated carbocycles. The highest BCUT2D eigenvalue weighted by molar-refractivity contribution is 6.17. The average Bonchev–Trinajstić information content (AvgIpc) is 2.16. The van der Waals surface area contributed by atoms with Crippen molar-refractivity contribution in [3.05, 3.63) is 27.3 Å². The lowest BCUT2D eigenvalue weighted by Gasteiger charge is -2.10. The molecule has 1 heterocycles. The number of rotatable bonds is 3. The molecule has 0 aliphatic rings. The fourth-order valence-corrected chi connectivity index (χ4v) is 1.54. The van der Waals surface area contributed by atoms with Gasteiger partial charge >= 0.3 is 5.63 Å². The first-order valence-electron chi connectivity index (χ1n) is 4.02. The molecule has 5 heteroatoms. The normalized spacial score (nSPS) is 10.3. The molecule has 4 nitrogen and oxygen atoms in total. The Bertz CT molecular complexity index is 383. The van der Waals surface area contributed by atoms with Crippen LogP contribution in [0.15, 0.2) is 9.21 Å². The van der Waals surface area contributed by atoms with Gasteiger partial charge in [-0.3, -0.25) is 0 Å². The summed E-state index contributed by atoms with van der Waals surface area (Å²) < 4.78 is 9.90. The molecule has 0 amide bonds. The number of aliphatic hydroxyl groups excluding tert-OH is 1. The molecule has 1 N–H and O–H groups in total. The van der Waals surface area contributed by atoms with Gasteiger partial charge in [0.15, 0.2) is 0 Å². The minimum absolute atomic E-state index is 0.105. The molecule has 0 unspecified atom stereocenters. The van der Waals surface area contributed by atoms with E-state index in [1.807, 2.05) is 0 Å². The first kappa shape index (κ1) is 11.1. The van der Waals surface area contributed by atoms with Gasteiger partial charge in [0, 0.05) is 5.56 Å². The van der Waals surface area contributed by atoms with Crippen LogP contribution in [0, 0.1) is 6.92 Å². The Labute approximate surface area is 86.1 Å². The Morgan fingerprint density at radius 3 is 2.57 bits per heavy atom. The van der Waals surface area contributed by atoms with Crippen molar-refractivity contribution >= 4 is 11.6 Å². The van der Waals surface area contributed by atoms with Crippen molar-refractivity contribution in [2.24, 2.45) is 0 Å². The summed E-state index contributed by atoms with van der Waals surface area (Å²) in [6.45, 7) is 1.21. The minimum atomic E-state index is -0.587. The monoisotopic (exact) mass is 218 g/mol. The zero-order valence-electron chi connectivity index (χ0n) is 7.96. The van der Waals surface area contributed by atoms with E-state index in [1.54, 1.807) is 6.92 Å². The average molecular weight is 219 g/mol. The van der Waals surface area contributed by atoms with E-state index in [2.05, 4.69) is 0 Å². The summed E-state index contributed by atoms with van der Waals surface area (Å²) in [6, 6.07) is 0. The van der Waals surface area contributed by atoms with Crippen molar-refractivity contribution < 1.29 is 14.3 Å². The van der Waals surface area contributed by atoms with Crippen LogP contribution >= 0.6 is 11.6 Å². The second kappa shape index (κ2) is 4.48. The molecule has 0 atom stereocenters. The van der Waals surface area contributed by atoms with Crippen LogP contribution in [0.1, 0.15) is 16.9 Å². The second-order valence-corrected chi connectivity index (χ2v) is 3.00. The summed E-state index contributed by atoms with van der Waals surface area (Å²) in [5, 5.41) is 8.96. The molecule has 0 bridgehead atoms. The zero-order chi connectivity index (χ0) is 10.7. The first-order chi connectivity index (χ1) is 6.65. The van der Waals surface area contributed by atoms with E-state index in [0.717, 1.165) is 0 Å². The van der Waals surface area contributed by atoms with Crippen LogP contribution in [0.5, 0.6) is 5.75 Å². The van der Waals surface area contributed by atoms with Gasteiger partial charge in [-0.05, 0) is 6.92 Å². The Hall–Kier alpha value is -1.00. The number of hydrogen-bond donors (Lipinski definition) is 1. The summed E-state index contributed by atoms with van der Waals surface area (Å²) in [4.78, 5) is 11.3. The van der Waals surface area contributed by atoms with Crippen LogP contribution in [0.2, 0.25) is 0 Å². The van der Waals surface area contributed by atoms with Gasteiger partial charge in [-0.15, -0.1) is 11.6 Å². The number of alkyl halides is 1. The van der Waals surface area contributed by atoms with Crippen LogP contribution in [-0.4, -0.2) is 12.2 Å². The van der Waals surface area contributed by atoms with Gasteiger partial charge in [0.05, 0.1) is 19.6 Å². The van der Waals surface area contributed by atoms with Gasteiger partial charge in [-0.2, -0.15) is 0 Å². The molecule has 1 aromatic rings. The Morgan fingerprint density at radius 2 is 2.14 bits per heavy atom. The van der Waals surface area contributed by atoms with Gasteiger partial charge in [-0.25, -0.2) is 4.79 Å². The summed E-state index contributed by atoms with van der Waals surface area (Å²) >= 11 is 5.67. The van der Waals surface area contributed by atoms with E-state index >= 15 is 0 Å². The molecule has 0 fully saturated rings. The lowest BCUT2D eigenvalue weighted by molar-refractivity contribution is 0.263. The first-order valence-corrected chi connectivity index (χ1v) is 4.55. The number of hydrogen-bond acceptors (Lipinski definition) is 4. The fourth-order valence-electron chi connectivity index (χ4n) is 1.23. The number of ether oxygens (including phenoxy) is 1. The van der Waals surface area contributed by atoms with E-state index in [1.165, 1.54) is 7.11 Å². The van der Waals surface area contributed by atoms with Crippen molar-refractivity contribution in [2.75, 3.05) is 7.11 Å². The zero-order valence-corrected chi connectivity index (χ0v) is 8.72. The Kier molecular flexibility index (Phi) is 3.55. The third-order valence-electron chi connectivity index (χ3n) is 1.96. The second-order valence-electron chi connectivity index (χ2n) is 2.73. The molecular formula is C9H11ClO4. The summed E-state index contributed by atoms with van der Waals surface area (Å²) in [6.07, 6.45) is 0. The lowest BCUT2D eigenvalue weighted by atomic mass is 10.1. The topological polar surface area (TPSA) is 59.7 Å². The molecule has 78 valence electrons. The highest BCUT2D eigenvalue weighted by atomic mass is 35.5. The van der Waals surface area contributed by atoms with Gasteiger partial charge in [0.2, 0.25) is 0 Å². The number of methoxy groups -OCH3 is 1. The van der Waals surface area contributed by atoms with Crippen molar-refractivity contribution in [2.45, 2.75) is 19.4 Å².